The Bertz CT molecular complexity index is 434. The Morgan fingerprint density at radius 2 is 2.21 bits per heavy atom. The second-order valence-corrected chi connectivity index (χ2v) is 5.42. The van der Waals surface area contributed by atoms with Crippen LogP contribution < -0.4 is 11.1 Å². The summed E-state index contributed by atoms with van der Waals surface area (Å²) < 4.78 is 5.71. The molecule has 3 N–H and O–H groups in total. The molecule has 1 saturated heterocycles. The Morgan fingerprint density at radius 1 is 1.53 bits per heavy atom. The number of nitrogens with two attached hydrogens (primary N) is 1. The van der Waals surface area contributed by atoms with Gasteiger partial charge in [-0.2, -0.15) is 0 Å². The highest BCUT2D eigenvalue weighted by atomic mass is 35.5. The van der Waals surface area contributed by atoms with E-state index in [1.807, 2.05) is 31.2 Å². The number of benzene rings is 1. The number of nitrogens with one attached hydrogen (secondary N) is 1. The number of rotatable bonds is 4. The zero-order chi connectivity index (χ0) is 13.8. The van der Waals surface area contributed by atoms with Crippen LogP contribution in [0.4, 0.5) is 0 Å². The van der Waals surface area contributed by atoms with Crippen molar-refractivity contribution < 1.29 is 9.53 Å². The lowest BCUT2D eigenvalue weighted by Crippen LogP contribution is -2.39. The molecule has 0 spiro atoms. The van der Waals surface area contributed by atoms with Gasteiger partial charge in [0.2, 0.25) is 5.91 Å². The van der Waals surface area contributed by atoms with Gasteiger partial charge in [-0.1, -0.05) is 23.7 Å². The van der Waals surface area contributed by atoms with Crippen molar-refractivity contribution in [1.82, 2.24) is 5.32 Å². The van der Waals surface area contributed by atoms with Gasteiger partial charge in [-0.3, -0.25) is 4.79 Å². The lowest BCUT2D eigenvalue weighted by Gasteiger charge is -2.20. The summed E-state index contributed by atoms with van der Waals surface area (Å²) in [4.78, 5) is 11.8. The summed E-state index contributed by atoms with van der Waals surface area (Å²) >= 11 is 5.87. The maximum atomic E-state index is 11.8. The quantitative estimate of drug-likeness (QED) is 0.888. The van der Waals surface area contributed by atoms with Gasteiger partial charge in [0, 0.05) is 24.1 Å². The zero-order valence-corrected chi connectivity index (χ0v) is 11.7. The SMILES string of the molecule is CC(N)CC(=O)NC1CCOC1c1ccc(Cl)cc1. The Kier molecular flexibility index (Phi) is 4.80. The maximum absolute atomic E-state index is 11.8. The molecule has 104 valence electrons. The van der Waals surface area contributed by atoms with Crippen LogP contribution in [0.3, 0.4) is 0 Å². The first kappa shape index (κ1) is 14.3. The van der Waals surface area contributed by atoms with Crippen LogP contribution >= 0.6 is 11.6 Å². The summed E-state index contributed by atoms with van der Waals surface area (Å²) in [7, 11) is 0. The van der Waals surface area contributed by atoms with E-state index in [9.17, 15) is 4.79 Å². The van der Waals surface area contributed by atoms with Crippen molar-refractivity contribution in [3.05, 3.63) is 34.9 Å². The molecule has 3 unspecified atom stereocenters. The molecule has 0 saturated carbocycles. The van der Waals surface area contributed by atoms with Gasteiger partial charge in [0.15, 0.2) is 0 Å². The van der Waals surface area contributed by atoms with Crippen molar-refractivity contribution in [3.63, 3.8) is 0 Å². The van der Waals surface area contributed by atoms with Crippen LogP contribution in [-0.4, -0.2) is 24.6 Å². The van der Waals surface area contributed by atoms with E-state index in [0.29, 0.717) is 18.1 Å². The highest BCUT2D eigenvalue weighted by Crippen LogP contribution is 2.29. The molecule has 5 heteroatoms. The number of amides is 1. The van der Waals surface area contributed by atoms with Gasteiger partial charge in [0.05, 0.1) is 6.04 Å². The molecular formula is C14H19ClN2O2. The van der Waals surface area contributed by atoms with E-state index >= 15 is 0 Å². The summed E-state index contributed by atoms with van der Waals surface area (Å²) in [6.45, 7) is 2.47. The topological polar surface area (TPSA) is 64.4 Å². The minimum atomic E-state index is -0.128. The summed E-state index contributed by atoms with van der Waals surface area (Å²) in [6.07, 6.45) is 1.05. The molecule has 1 heterocycles. The van der Waals surface area contributed by atoms with Crippen molar-refractivity contribution in [2.75, 3.05) is 6.61 Å². The summed E-state index contributed by atoms with van der Waals surface area (Å²) in [5, 5.41) is 3.69. The molecule has 1 aromatic rings. The molecule has 1 aromatic carbocycles. The van der Waals surface area contributed by atoms with Crippen LogP contribution in [0.1, 0.15) is 31.4 Å². The van der Waals surface area contributed by atoms with Crippen molar-refractivity contribution in [2.24, 2.45) is 5.73 Å². The maximum Gasteiger partial charge on any atom is 0.221 e. The largest absolute Gasteiger partial charge is 0.371 e. The van der Waals surface area contributed by atoms with Crippen molar-refractivity contribution in [3.8, 4) is 0 Å². The average Bonchev–Trinajstić information content (AvgIpc) is 2.77. The number of hydrogen-bond donors (Lipinski definition) is 2. The van der Waals surface area contributed by atoms with Crippen LogP contribution in [0.25, 0.3) is 0 Å². The third kappa shape index (κ3) is 3.93. The second-order valence-electron chi connectivity index (χ2n) is 4.99. The molecular weight excluding hydrogens is 264 g/mol. The van der Waals surface area contributed by atoms with Crippen molar-refractivity contribution >= 4 is 17.5 Å². The third-order valence-corrected chi connectivity index (χ3v) is 3.40. The van der Waals surface area contributed by atoms with Crippen LogP contribution in [0.15, 0.2) is 24.3 Å². The summed E-state index contributed by atoms with van der Waals surface area (Å²) in [5.41, 5.74) is 6.66. The lowest BCUT2D eigenvalue weighted by molar-refractivity contribution is -0.122. The zero-order valence-electron chi connectivity index (χ0n) is 10.9. The van der Waals surface area contributed by atoms with Crippen molar-refractivity contribution in [1.29, 1.82) is 0 Å². The Morgan fingerprint density at radius 3 is 2.84 bits per heavy atom. The van der Waals surface area contributed by atoms with Crippen molar-refractivity contribution in [2.45, 2.75) is 38.0 Å². The van der Waals surface area contributed by atoms with Crippen LogP contribution in [0.2, 0.25) is 5.02 Å². The van der Waals surface area contributed by atoms with E-state index in [1.54, 1.807) is 0 Å². The molecule has 3 atom stereocenters. The van der Waals surface area contributed by atoms with E-state index in [0.717, 1.165) is 12.0 Å². The van der Waals surface area contributed by atoms with Crippen LogP contribution in [0, 0.1) is 0 Å². The lowest BCUT2D eigenvalue weighted by atomic mass is 10.0. The number of hydrogen-bond acceptors (Lipinski definition) is 3. The molecule has 1 fully saturated rings. The Hall–Kier alpha value is -1.10. The normalized spacial score (nSPS) is 24.2. The fourth-order valence-electron chi connectivity index (χ4n) is 2.28. The predicted octanol–water partition coefficient (Wildman–Crippen LogP) is 2.02. The molecule has 1 amide bonds. The standard InChI is InChI=1S/C14H19ClN2O2/c1-9(16)8-13(18)17-12-6-7-19-14(12)10-2-4-11(15)5-3-10/h2-5,9,12,14H,6-8,16H2,1H3,(H,17,18). The fourth-order valence-corrected chi connectivity index (χ4v) is 2.40. The van der Waals surface area contributed by atoms with Gasteiger partial charge in [-0.05, 0) is 31.0 Å². The van der Waals surface area contributed by atoms with E-state index in [2.05, 4.69) is 5.32 Å². The Labute approximate surface area is 118 Å². The fraction of sp³-hybridized carbons (Fsp3) is 0.500. The first-order valence-corrected chi connectivity index (χ1v) is 6.86. The van der Waals surface area contributed by atoms with E-state index < -0.39 is 0 Å². The van der Waals surface area contributed by atoms with Gasteiger partial charge in [-0.25, -0.2) is 0 Å². The molecule has 1 aliphatic heterocycles. The smallest absolute Gasteiger partial charge is 0.221 e. The van der Waals surface area contributed by atoms with Gasteiger partial charge < -0.3 is 15.8 Å². The molecule has 0 aromatic heterocycles. The molecule has 1 aliphatic rings. The molecule has 2 rings (SSSR count). The molecule has 4 nitrogen and oxygen atoms in total. The number of carbonyl (C=O) groups excluding carboxylic acids is 1. The van der Waals surface area contributed by atoms with Gasteiger partial charge in [-0.15, -0.1) is 0 Å². The molecule has 19 heavy (non-hydrogen) atoms. The molecule has 0 aliphatic carbocycles. The first-order valence-electron chi connectivity index (χ1n) is 6.48. The minimum Gasteiger partial charge on any atom is -0.371 e. The van der Waals surface area contributed by atoms with E-state index in [4.69, 9.17) is 22.1 Å². The average molecular weight is 283 g/mol. The van der Waals surface area contributed by atoms with Crippen LogP contribution in [-0.2, 0) is 9.53 Å². The third-order valence-electron chi connectivity index (χ3n) is 3.14. The number of ether oxygens (including phenoxy) is 1. The number of carbonyl (C=O) groups is 1. The minimum absolute atomic E-state index is 0.00688. The molecule has 0 bridgehead atoms. The second kappa shape index (κ2) is 6.37. The van der Waals surface area contributed by atoms with Gasteiger partial charge in [0.25, 0.3) is 0 Å². The summed E-state index contributed by atoms with van der Waals surface area (Å²) in [6, 6.07) is 7.41. The highest BCUT2D eigenvalue weighted by molar-refractivity contribution is 6.30. The first-order chi connectivity index (χ1) is 9.06. The van der Waals surface area contributed by atoms with Crippen LogP contribution in [0.5, 0.6) is 0 Å². The molecule has 0 radical (unpaired) electrons. The van der Waals surface area contributed by atoms with Gasteiger partial charge in [0.1, 0.15) is 6.10 Å². The Balaban J connectivity index is 2.00. The predicted molar refractivity (Wildman–Crippen MR) is 75.0 cm³/mol. The van der Waals surface area contributed by atoms with Gasteiger partial charge >= 0.3 is 0 Å². The summed E-state index contributed by atoms with van der Waals surface area (Å²) in [5.74, 6) is -0.0236. The number of halogens is 1. The van der Waals surface area contributed by atoms with E-state index in [-0.39, 0.29) is 24.1 Å². The highest BCUT2D eigenvalue weighted by Gasteiger charge is 2.30. The monoisotopic (exact) mass is 282 g/mol. The van der Waals surface area contributed by atoms with E-state index in [1.165, 1.54) is 0 Å².